The minimum Gasteiger partial charge on any atom is -0.381 e. The van der Waals surface area contributed by atoms with Crippen molar-refractivity contribution in [2.45, 2.75) is 31.8 Å². The van der Waals surface area contributed by atoms with Crippen LogP contribution in [0.4, 0.5) is 4.39 Å². The molecule has 3 N–H and O–H groups in total. The van der Waals surface area contributed by atoms with Gasteiger partial charge in [-0.15, -0.1) is 12.4 Å². The molecule has 7 heteroatoms. The van der Waals surface area contributed by atoms with Crippen LogP contribution < -0.4 is 11.1 Å². The quantitative estimate of drug-likeness (QED) is 0.877. The molecule has 0 aromatic heterocycles. The molecule has 22 heavy (non-hydrogen) atoms. The molecule has 1 aromatic rings. The lowest BCUT2D eigenvalue weighted by Crippen LogP contribution is -2.47. The summed E-state index contributed by atoms with van der Waals surface area (Å²) in [5.41, 5.74) is 6.76. The Labute approximate surface area is 140 Å². The van der Waals surface area contributed by atoms with Crippen molar-refractivity contribution >= 4 is 29.9 Å². The van der Waals surface area contributed by atoms with Crippen molar-refractivity contribution in [3.63, 3.8) is 0 Å². The Morgan fingerprint density at radius 3 is 2.68 bits per heavy atom. The highest BCUT2D eigenvalue weighted by Gasteiger charge is 2.27. The van der Waals surface area contributed by atoms with E-state index in [4.69, 9.17) is 22.1 Å². The van der Waals surface area contributed by atoms with Crippen LogP contribution in [0.3, 0.4) is 0 Å². The minimum atomic E-state index is -0.549. The number of rotatable bonds is 4. The van der Waals surface area contributed by atoms with Gasteiger partial charge in [-0.2, -0.15) is 0 Å². The number of amides is 1. The van der Waals surface area contributed by atoms with Crippen molar-refractivity contribution in [3.8, 4) is 0 Å². The first-order valence-electron chi connectivity index (χ1n) is 7.07. The summed E-state index contributed by atoms with van der Waals surface area (Å²) >= 11 is 5.75. The van der Waals surface area contributed by atoms with Crippen molar-refractivity contribution in [3.05, 3.63) is 34.6 Å². The van der Waals surface area contributed by atoms with Crippen LogP contribution in [0.2, 0.25) is 5.02 Å². The van der Waals surface area contributed by atoms with E-state index in [9.17, 15) is 9.18 Å². The number of ether oxygens (including phenoxy) is 1. The normalized spacial score (nSPS) is 18.2. The summed E-state index contributed by atoms with van der Waals surface area (Å²) in [6, 6.07) is 3.58. The van der Waals surface area contributed by atoms with Gasteiger partial charge >= 0.3 is 0 Å². The first kappa shape index (κ1) is 19.2. The molecular formula is C15H21Cl2FN2O2. The maximum Gasteiger partial charge on any atom is 0.237 e. The van der Waals surface area contributed by atoms with Crippen LogP contribution >= 0.6 is 24.0 Å². The third kappa shape index (κ3) is 4.81. The summed E-state index contributed by atoms with van der Waals surface area (Å²) in [5.74, 6) is -0.532. The van der Waals surface area contributed by atoms with E-state index in [-0.39, 0.29) is 35.3 Å². The number of hydrogen-bond acceptors (Lipinski definition) is 3. The van der Waals surface area contributed by atoms with Crippen molar-refractivity contribution in [1.82, 2.24) is 5.32 Å². The molecule has 0 aliphatic carbocycles. The Hall–Kier alpha value is -0.880. The fraction of sp³-hybridized carbons (Fsp3) is 0.533. The molecule has 1 heterocycles. The zero-order valence-corrected chi connectivity index (χ0v) is 13.9. The molecule has 2 atom stereocenters. The summed E-state index contributed by atoms with van der Waals surface area (Å²) < 4.78 is 18.4. The molecule has 124 valence electrons. The highest BCUT2D eigenvalue weighted by molar-refractivity contribution is 6.30. The van der Waals surface area contributed by atoms with E-state index in [0.29, 0.717) is 13.2 Å². The monoisotopic (exact) mass is 350 g/mol. The van der Waals surface area contributed by atoms with Crippen LogP contribution in [0, 0.1) is 11.7 Å². The van der Waals surface area contributed by atoms with Gasteiger partial charge in [-0.25, -0.2) is 4.39 Å². The second-order valence-corrected chi connectivity index (χ2v) is 5.79. The lowest BCUT2D eigenvalue weighted by molar-refractivity contribution is -0.125. The largest absolute Gasteiger partial charge is 0.381 e. The summed E-state index contributed by atoms with van der Waals surface area (Å²) in [7, 11) is 0. The Bertz CT molecular complexity index is 510. The second kappa shape index (κ2) is 8.67. The number of halogens is 3. The van der Waals surface area contributed by atoms with Gasteiger partial charge in [0.05, 0.1) is 17.1 Å². The van der Waals surface area contributed by atoms with Gasteiger partial charge in [0.25, 0.3) is 0 Å². The average Bonchev–Trinajstić information content (AvgIpc) is 2.50. The second-order valence-electron chi connectivity index (χ2n) is 5.38. The van der Waals surface area contributed by atoms with E-state index >= 15 is 0 Å². The standard InChI is InChI=1S/C15H20ClFN2O2.ClH/c1-9(11-2-3-13(17)12(16)8-11)19-15(20)14(18)10-4-6-21-7-5-10;/h2-3,8-10,14H,4-7,18H2,1H3,(H,19,20);1H. The van der Waals surface area contributed by atoms with Crippen molar-refractivity contribution in [1.29, 1.82) is 0 Å². The Balaban J connectivity index is 0.00000242. The predicted molar refractivity (Wildman–Crippen MR) is 86.7 cm³/mol. The topological polar surface area (TPSA) is 64.4 Å². The minimum absolute atomic E-state index is 0. The van der Waals surface area contributed by atoms with Gasteiger partial charge in [0.2, 0.25) is 5.91 Å². The fourth-order valence-electron chi connectivity index (χ4n) is 2.46. The predicted octanol–water partition coefficient (Wildman–Crippen LogP) is 2.83. The number of hydrogen-bond donors (Lipinski definition) is 2. The summed E-state index contributed by atoms with van der Waals surface area (Å²) in [4.78, 5) is 12.2. The fourth-order valence-corrected chi connectivity index (χ4v) is 2.65. The Kier molecular flexibility index (Phi) is 7.56. The zero-order valence-electron chi connectivity index (χ0n) is 12.4. The van der Waals surface area contributed by atoms with Crippen molar-refractivity contribution < 1.29 is 13.9 Å². The molecule has 0 radical (unpaired) electrons. The molecule has 1 saturated heterocycles. The van der Waals surface area contributed by atoms with Gasteiger partial charge in [-0.05, 0) is 43.4 Å². The summed E-state index contributed by atoms with van der Waals surface area (Å²) in [5, 5.41) is 2.90. The van der Waals surface area contributed by atoms with Crippen LogP contribution in [0.5, 0.6) is 0 Å². The van der Waals surface area contributed by atoms with Crippen LogP contribution in [-0.2, 0) is 9.53 Å². The van der Waals surface area contributed by atoms with E-state index < -0.39 is 11.9 Å². The summed E-state index contributed by atoms with van der Waals surface area (Å²) in [6.07, 6.45) is 1.59. The molecule has 0 saturated carbocycles. The van der Waals surface area contributed by atoms with Crippen LogP contribution in [0.25, 0.3) is 0 Å². The highest BCUT2D eigenvalue weighted by atomic mass is 35.5. The van der Waals surface area contributed by atoms with Gasteiger partial charge in [0.1, 0.15) is 5.82 Å². The SMILES string of the molecule is CC(NC(=O)C(N)C1CCOCC1)c1ccc(F)c(Cl)c1.Cl. The van der Waals surface area contributed by atoms with Gasteiger partial charge in [-0.1, -0.05) is 17.7 Å². The molecule has 2 unspecified atom stereocenters. The van der Waals surface area contributed by atoms with Gasteiger partial charge in [-0.3, -0.25) is 4.79 Å². The molecule has 0 bridgehead atoms. The number of nitrogens with one attached hydrogen (secondary N) is 1. The molecule has 1 aromatic carbocycles. The maximum atomic E-state index is 13.1. The first-order chi connectivity index (χ1) is 9.99. The number of benzene rings is 1. The van der Waals surface area contributed by atoms with Gasteiger partial charge in [0.15, 0.2) is 0 Å². The van der Waals surface area contributed by atoms with Gasteiger partial charge in [0, 0.05) is 13.2 Å². The molecule has 4 nitrogen and oxygen atoms in total. The molecule has 1 aliphatic heterocycles. The molecular weight excluding hydrogens is 330 g/mol. The molecule has 1 aliphatic rings. The van der Waals surface area contributed by atoms with Crippen LogP contribution in [0.1, 0.15) is 31.4 Å². The van der Waals surface area contributed by atoms with Crippen molar-refractivity contribution in [2.75, 3.05) is 13.2 Å². The zero-order chi connectivity index (χ0) is 15.4. The molecule has 2 rings (SSSR count). The Morgan fingerprint density at radius 1 is 1.45 bits per heavy atom. The molecule has 1 fully saturated rings. The third-order valence-electron chi connectivity index (χ3n) is 3.88. The van der Waals surface area contributed by atoms with Gasteiger partial charge < -0.3 is 15.8 Å². The van der Waals surface area contributed by atoms with E-state index in [0.717, 1.165) is 18.4 Å². The van der Waals surface area contributed by atoms with E-state index in [2.05, 4.69) is 5.32 Å². The highest BCUT2D eigenvalue weighted by Crippen LogP contribution is 2.22. The first-order valence-corrected chi connectivity index (χ1v) is 7.45. The summed E-state index contributed by atoms with van der Waals surface area (Å²) in [6.45, 7) is 3.11. The van der Waals surface area contributed by atoms with Crippen molar-refractivity contribution in [2.24, 2.45) is 11.7 Å². The number of carbonyl (C=O) groups excluding carboxylic acids is 1. The smallest absolute Gasteiger partial charge is 0.237 e. The Morgan fingerprint density at radius 2 is 2.09 bits per heavy atom. The molecule has 1 amide bonds. The van der Waals surface area contributed by atoms with Crippen LogP contribution in [0.15, 0.2) is 18.2 Å². The number of carbonyl (C=O) groups is 1. The third-order valence-corrected chi connectivity index (χ3v) is 4.17. The lowest BCUT2D eigenvalue weighted by atomic mass is 9.91. The van der Waals surface area contributed by atoms with E-state index in [1.54, 1.807) is 6.07 Å². The lowest BCUT2D eigenvalue weighted by Gasteiger charge is -2.28. The number of nitrogens with two attached hydrogens (primary N) is 1. The molecule has 0 spiro atoms. The maximum absolute atomic E-state index is 13.1. The van der Waals surface area contributed by atoms with E-state index in [1.165, 1.54) is 12.1 Å². The average molecular weight is 351 g/mol. The van der Waals surface area contributed by atoms with Crippen LogP contribution in [-0.4, -0.2) is 25.2 Å². The van der Waals surface area contributed by atoms with E-state index in [1.807, 2.05) is 6.92 Å².